The van der Waals surface area contributed by atoms with Gasteiger partial charge in [-0.1, -0.05) is 36.4 Å². The van der Waals surface area contributed by atoms with Crippen LogP contribution in [0, 0.1) is 5.92 Å². The van der Waals surface area contributed by atoms with Crippen LogP contribution in [0.1, 0.15) is 33.0 Å². The fourth-order valence-corrected chi connectivity index (χ4v) is 4.55. The number of carbonyl (C=O) groups excluding carboxylic acids is 2. The van der Waals surface area contributed by atoms with Crippen LogP contribution in [-0.2, 0) is 10.5 Å². The van der Waals surface area contributed by atoms with Crippen LogP contribution < -0.4 is 20.3 Å². The number of carbonyl (C=O) groups is 2. The molecule has 2 aromatic carbocycles. The first-order valence-corrected chi connectivity index (χ1v) is 10.8. The number of aromatic amines is 1. The number of Topliss-reactive ketones (excluding diaryl/α,β-unsaturated/α-hetero) is 1. The fourth-order valence-electron chi connectivity index (χ4n) is 4.55. The van der Waals surface area contributed by atoms with E-state index in [1.807, 2.05) is 0 Å². The molecular weight excluding hydrogens is 452 g/mol. The van der Waals surface area contributed by atoms with Gasteiger partial charge in [-0.25, -0.2) is 0 Å². The number of methoxy groups -OCH3 is 2. The maximum Gasteiger partial charge on any atom is 0.298 e. The maximum atomic E-state index is 13.4. The summed E-state index contributed by atoms with van der Waals surface area (Å²) in [7, 11) is 6.33. The maximum absolute atomic E-state index is 13.4. The van der Waals surface area contributed by atoms with Crippen molar-refractivity contribution in [2.24, 2.45) is 5.92 Å². The van der Waals surface area contributed by atoms with E-state index in [0.717, 1.165) is 6.41 Å². The molecule has 0 fully saturated rings. The monoisotopic (exact) mass is 478 g/mol. The molecule has 0 saturated carbocycles. The summed E-state index contributed by atoms with van der Waals surface area (Å²) in [5, 5.41) is 14.7. The van der Waals surface area contributed by atoms with Crippen LogP contribution in [0.2, 0.25) is 0 Å². The molecule has 2 aliphatic rings. The molecule has 0 spiro atoms. The molecule has 182 valence electrons. The zero-order valence-corrected chi connectivity index (χ0v) is 19.7. The Labute approximate surface area is 201 Å². The normalized spacial score (nSPS) is 21.3. The van der Waals surface area contributed by atoms with Gasteiger partial charge < -0.3 is 24.8 Å². The number of fused-ring (bicyclic) bond motifs is 4. The lowest BCUT2D eigenvalue weighted by Crippen LogP contribution is -2.50. The number of ketones is 1. The van der Waals surface area contributed by atoms with Gasteiger partial charge in [-0.05, 0) is 17.7 Å². The average molecular weight is 479 g/mol. The van der Waals surface area contributed by atoms with Crippen molar-refractivity contribution >= 4 is 18.0 Å². The van der Waals surface area contributed by atoms with Crippen molar-refractivity contribution in [2.45, 2.75) is 11.6 Å². The number of hydrogen-bond donors (Lipinski definition) is 3. The summed E-state index contributed by atoms with van der Waals surface area (Å²) in [6.45, 7) is 0. The molecule has 1 aliphatic carbocycles. The van der Waals surface area contributed by atoms with Crippen LogP contribution in [0.5, 0.6) is 11.8 Å². The standard InChI is InChI=1S/C22H19N3O5.C3H7NO/c1-29-12-9-7-11(8-10-12)15-16-19(23-21(30-2)24-20(16)27)25-22(28)14-6-4-3-5-13(14)18(26)17(15)22;1-4(2)3-5/h3-10,15,17,28H,1-2H3,(H2,23,24,25,27);3H,1-2H3/t15-,17-,22-;/m1./s1. The molecule has 3 aromatic rings. The zero-order valence-electron chi connectivity index (χ0n) is 19.7. The second-order valence-corrected chi connectivity index (χ2v) is 8.44. The Bertz CT molecular complexity index is 1320. The molecule has 1 aromatic heterocycles. The smallest absolute Gasteiger partial charge is 0.298 e. The van der Waals surface area contributed by atoms with Gasteiger partial charge in [0.2, 0.25) is 6.41 Å². The van der Waals surface area contributed by atoms with Gasteiger partial charge in [-0.3, -0.25) is 19.4 Å². The first-order valence-electron chi connectivity index (χ1n) is 10.8. The van der Waals surface area contributed by atoms with Gasteiger partial charge in [0.15, 0.2) is 11.5 Å². The van der Waals surface area contributed by atoms with Gasteiger partial charge in [-0.2, -0.15) is 4.98 Å². The van der Waals surface area contributed by atoms with E-state index in [4.69, 9.17) is 9.47 Å². The molecule has 3 atom stereocenters. The highest BCUT2D eigenvalue weighted by atomic mass is 16.5. The molecule has 10 heteroatoms. The Morgan fingerprint density at radius 3 is 2.31 bits per heavy atom. The van der Waals surface area contributed by atoms with Crippen LogP contribution >= 0.6 is 0 Å². The predicted octanol–water partition coefficient (Wildman–Crippen LogP) is 1.71. The Morgan fingerprint density at radius 2 is 1.71 bits per heavy atom. The van der Waals surface area contributed by atoms with Crippen molar-refractivity contribution in [3.05, 3.63) is 81.1 Å². The van der Waals surface area contributed by atoms with Gasteiger partial charge in [0, 0.05) is 31.1 Å². The summed E-state index contributed by atoms with van der Waals surface area (Å²) in [4.78, 5) is 44.2. The van der Waals surface area contributed by atoms with Crippen LogP contribution in [-0.4, -0.2) is 60.5 Å². The van der Waals surface area contributed by atoms with Gasteiger partial charge in [0.1, 0.15) is 11.6 Å². The molecular formula is C25H26N4O6. The number of aliphatic hydroxyl groups is 1. The SMILES string of the molecule is CN(C)C=O.COc1ccc([C@@H]2c3c(nc(OC)[nH]c3=O)N[C@@]3(O)c4ccccc4C(=O)[C@@H]23)cc1. The largest absolute Gasteiger partial charge is 0.497 e. The predicted molar refractivity (Wildman–Crippen MR) is 128 cm³/mol. The second-order valence-electron chi connectivity index (χ2n) is 8.44. The van der Waals surface area contributed by atoms with E-state index in [1.165, 1.54) is 12.0 Å². The highest BCUT2D eigenvalue weighted by Gasteiger charge is 2.59. The molecule has 1 amide bonds. The minimum absolute atomic E-state index is 0.0133. The average Bonchev–Trinajstić information content (AvgIpc) is 3.09. The van der Waals surface area contributed by atoms with Crippen molar-refractivity contribution < 1.29 is 24.2 Å². The Balaban J connectivity index is 0.000000527. The molecule has 1 aliphatic heterocycles. The van der Waals surface area contributed by atoms with Gasteiger partial charge >= 0.3 is 0 Å². The molecule has 0 bridgehead atoms. The van der Waals surface area contributed by atoms with Crippen molar-refractivity contribution in [2.75, 3.05) is 33.6 Å². The number of aromatic nitrogens is 2. The van der Waals surface area contributed by atoms with E-state index in [2.05, 4.69) is 15.3 Å². The molecule has 5 rings (SSSR count). The topological polar surface area (TPSA) is 134 Å². The summed E-state index contributed by atoms with van der Waals surface area (Å²) in [5.41, 5.74) is -0.289. The lowest BCUT2D eigenvalue weighted by Gasteiger charge is -2.41. The fraction of sp³-hybridized carbons (Fsp3) is 0.280. The third-order valence-electron chi connectivity index (χ3n) is 6.10. The van der Waals surface area contributed by atoms with E-state index >= 15 is 0 Å². The number of nitrogens with one attached hydrogen (secondary N) is 2. The lowest BCUT2D eigenvalue weighted by atomic mass is 9.73. The van der Waals surface area contributed by atoms with E-state index in [1.54, 1.807) is 69.7 Å². The van der Waals surface area contributed by atoms with Crippen molar-refractivity contribution in [1.29, 1.82) is 0 Å². The van der Waals surface area contributed by atoms with Crippen LogP contribution in [0.15, 0.2) is 53.3 Å². The van der Waals surface area contributed by atoms with E-state index in [0.29, 0.717) is 22.4 Å². The number of hydrogen-bond acceptors (Lipinski definition) is 8. The third kappa shape index (κ3) is 4.01. The van der Waals surface area contributed by atoms with Crippen molar-refractivity contribution in [1.82, 2.24) is 14.9 Å². The molecule has 3 N–H and O–H groups in total. The molecule has 10 nitrogen and oxygen atoms in total. The molecule has 35 heavy (non-hydrogen) atoms. The first kappa shape index (κ1) is 24.0. The molecule has 2 heterocycles. The van der Waals surface area contributed by atoms with Crippen LogP contribution in [0.25, 0.3) is 0 Å². The molecule has 0 saturated heterocycles. The summed E-state index contributed by atoms with van der Waals surface area (Å²) in [5.74, 6) is -1.07. The highest BCUT2D eigenvalue weighted by molar-refractivity contribution is 6.05. The Kier molecular flexibility index (Phi) is 6.31. The quantitative estimate of drug-likeness (QED) is 0.483. The van der Waals surface area contributed by atoms with Crippen LogP contribution in [0.4, 0.5) is 5.82 Å². The number of nitrogens with zero attached hydrogens (tertiary/aromatic N) is 2. The second kappa shape index (κ2) is 9.22. The number of anilines is 1. The number of ether oxygens (including phenoxy) is 2. The van der Waals surface area contributed by atoms with Gasteiger partial charge in [0.05, 0.1) is 25.7 Å². The van der Waals surface area contributed by atoms with Crippen molar-refractivity contribution in [3.63, 3.8) is 0 Å². The van der Waals surface area contributed by atoms with E-state index in [-0.39, 0.29) is 23.2 Å². The number of benzene rings is 2. The lowest BCUT2D eigenvalue weighted by molar-refractivity contribution is -0.115. The van der Waals surface area contributed by atoms with Crippen molar-refractivity contribution in [3.8, 4) is 11.8 Å². The number of rotatable bonds is 4. The Morgan fingerprint density at radius 1 is 1.06 bits per heavy atom. The van der Waals surface area contributed by atoms with E-state index < -0.39 is 23.1 Å². The summed E-state index contributed by atoms with van der Waals surface area (Å²) < 4.78 is 10.3. The minimum Gasteiger partial charge on any atom is -0.497 e. The minimum atomic E-state index is -1.71. The molecule has 0 unspecified atom stereocenters. The summed E-state index contributed by atoms with van der Waals surface area (Å²) in [6.07, 6.45) is 0.750. The van der Waals surface area contributed by atoms with Crippen LogP contribution in [0.3, 0.4) is 0 Å². The Hall–Kier alpha value is -4.18. The van der Waals surface area contributed by atoms with Gasteiger partial charge in [-0.15, -0.1) is 0 Å². The summed E-state index contributed by atoms with van der Waals surface area (Å²) in [6, 6.07) is 14.0. The first-order chi connectivity index (χ1) is 16.7. The number of H-pyrrole nitrogens is 1. The molecule has 0 radical (unpaired) electrons. The third-order valence-corrected chi connectivity index (χ3v) is 6.10. The summed E-state index contributed by atoms with van der Waals surface area (Å²) >= 11 is 0. The van der Waals surface area contributed by atoms with E-state index in [9.17, 15) is 19.5 Å². The highest BCUT2D eigenvalue weighted by Crippen LogP contribution is 2.54. The number of amides is 1. The zero-order chi connectivity index (χ0) is 25.3. The van der Waals surface area contributed by atoms with Gasteiger partial charge in [0.25, 0.3) is 11.6 Å².